The van der Waals surface area contributed by atoms with Gasteiger partial charge in [0.25, 0.3) is 0 Å². The van der Waals surface area contributed by atoms with Gasteiger partial charge in [-0.25, -0.2) is 0 Å². The van der Waals surface area contributed by atoms with Crippen molar-refractivity contribution in [3.63, 3.8) is 0 Å². The molecule has 0 atom stereocenters. The molecule has 11 heteroatoms. The molecule has 7 nitrogen and oxygen atoms in total. The Morgan fingerprint density at radius 3 is 0.957 bits per heavy atom. The molecule has 2 radical (unpaired) electrons. The molecule has 260 valence electrons. The van der Waals surface area contributed by atoms with Crippen LogP contribution in [0.4, 0.5) is 0 Å². The normalized spacial score (nSPS) is 13.1. The van der Waals surface area contributed by atoms with Crippen LogP contribution in [0.5, 0.6) is 0 Å². The summed E-state index contributed by atoms with van der Waals surface area (Å²) in [5.74, 6) is 0. The van der Waals surface area contributed by atoms with E-state index in [1.54, 1.807) is 0 Å². The van der Waals surface area contributed by atoms with Crippen molar-refractivity contribution in [3.05, 3.63) is 29.6 Å². The maximum Gasteiger partial charge on any atom is 0.172 e. The maximum atomic E-state index is 5.15. The molecule has 0 aliphatic carbocycles. The average molecular weight is 696 g/mol. The second-order valence-corrected chi connectivity index (χ2v) is 26.3. The first-order valence-electron chi connectivity index (χ1n) is 16.3. The molecule has 46 heavy (non-hydrogen) atoms. The Morgan fingerprint density at radius 2 is 0.783 bits per heavy atom. The first-order chi connectivity index (χ1) is 19.6. The van der Waals surface area contributed by atoms with Crippen molar-refractivity contribution in [1.29, 1.82) is 0 Å². The molecule has 0 saturated heterocycles. The molecule has 0 spiro atoms. The Kier molecular flexibility index (Phi) is 28.9. The van der Waals surface area contributed by atoms with Crippen LogP contribution in [0.3, 0.4) is 0 Å². The summed E-state index contributed by atoms with van der Waals surface area (Å²) in [6.07, 6.45) is 1.66. The summed E-state index contributed by atoms with van der Waals surface area (Å²) in [4.78, 5) is 13.7. The van der Waals surface area contributed by atoms with Crippen LogP contribution in [-0.4, -0.2) is 194 Å². The molecule has 0 saturated carbocycles. The van der Waals surface area contributed by atoms with Gasteiger partial charge in [-0.2, -0.15) is 0 Å². The Labute approximate surface area is 334 Å². The molecule has 0 unspecified atom stereocenters. The predicted molar refractivity (Wildman–Crippen MR) is 218 cm³/mol. The first-order valence-corrected chi connectivity index (χ1v) is 23.2. The molecule has 0 aromatic carbocycles. The molecular formula is C35H75N7Na2Si2. The van der Waals surface area contributed by atoms with Gasteiger partial charge in [0.15, 0.2) is 16.5 Å². The van der Waals surface area contributed by atoms with Crippen molar-refractivity contribution in [2.24, 2.45) is 20.1 Å². The summed E-state index contributed by atoms with van der Waals surface area (Å²) in [6, 6.07) is 6.42. The van der Waals surface area contributed by atoms with Crippen LogP contribution in [0.1, 0.15) is 52.9 Å². The van der Waals surface area contributed by atoms with E-state index in [1.807, 2.05) is 0 Å². The minimum absolute atomic E-state index is 0. The van der Waals surface area contributed by atoms with Crippen molar-refractivity contribution >= 4 is 87.0 Å². The van der Waals surface area contributed by atoms with E-state index in [9.17, 15) is 0 Å². The van der Waals surface area contributed by atoms with Gasteiger partial charge in [-0.1, -0.05) is 47.6 Å². The van der Waals surface area contributed by atoms with Crippen molar-refractivity contribution in [1.82, 2.24) is 24.6 Å². The van der Waals surface area contributed by atoms with Gasteiger partial charge in [0.05, 0.1) is 0 Å². The van der Waals surface area contributed by atoms with Crippen LogP contribution < -0.4 is 0 Å². The first kappa shape index (κ1) is 53.6. The zero-order valence-corrected chi connectivity index (χ0v) is 41.1. The van der Waals surface area contributed by atoms with Gasteiger partial charge >= 0.3 is 0 Å². The minimum Gasteiger partial charge on any atom is -0.329 e. The summed E-state index contributed by atoms with van der Waals surface area (Å²) in [6.45, 7) is 31.9. The molecular weight excluding hydrogens is 621 g/mol. The third kappa shape index (κ3) is 33.3. The van der Waals surface area contributed by atoms with Gasteiger partial charge in [0.1, 0.15) is 0 Å². The van der Waals surface area contributed by atoms with E-state index < -0.39 is 16.5 Å². The Hall–Kier alpha value is 0.764. The van der Waals surface area contributed by atoms with E-state index in [4.69, 9.17) is 14.3 Å². The molecule has 0 aliphatic heterocycles. The van der Waals surface area contributed by atoms with Gasteiger partial charge in [0.2, 0.25) is 0 Å². The van der Waals surface area contributed by atoms with Crippen LogP contribution in [-0.2, 0) is 12.8 Å². The average Bonchev–Trinajstić information content (AvgIpc) is 2.79. The summed E-state index contributed by atoms with van der Waals surface area (Å²) >= 11 is 0. The van der Waals surface area contributed by atoms with Gasteiger partial charge in [-0.05, 0) is 119 Å². The fourth-order valence-corrected chi connectivity index (χ4v) is 6.07. The second kappa shape index (κ2) is 24.8. The summed E-state index contributed by atoms with van der Waals surface area (Å²) in [5, 5.41) is 0. The number of likely N-dealkylation sites (N-methyl/N-ethyl adjacent to an activating group) is 4. The minimum atomic E-state index is -1.53. The Bertz CT molecular complexity index is 893. The fraction of sp³-hybridized carbons (Fsp3) is 0.800. The number of rotatable bonds is 12. The van der Waals surface area contributed by atoms with Crippen molar-refractivity contribution in [2.75, 3.05) is 82.6 Å². The van der Waals surface area contributed by atoms with E-state index in [0.29, 0.717) is 0 Å². The van der Waals surface area contributed by atoms with E-state index in [-0.39, 0.29) is 69.9 Å². The molecule has 0 aliphatic rings. The molecule has 1 heterocycles. The third-order valence-corrected chi connectivity index (χ3v) is 8.10. The molecule has 0 N–H and O–H groups in total. The van der Waals surface area contributed by atoms with Gasteiger partial charge in [0, 0.05) is 121 Å². The molecule has 1 aromatic heterocycles. The quantitative estimate of drug-likeness (QED) is 0.191. The van der Waals surface area contributed by atoms with Gasteiger partial charge in [-0.3, -0.25) is 4.98 Å². The monoisotopic (exact) mass is 696 g/mol. The standard InChI is InChI=1S/C23H43N3Si2.2C6H16N2.2Na/c1-22(2,3)20(25-27(7,8)9)16-18-14-13-15-19(24-18)17-21(23(4,5)6)26-28(10,11)12;2*1-7(2)5-6-8(3)4;;/h13-15H,16-17H2,1-12H3;2*5-6H2,1-4H3;;/b25-20-,26-21-;;;;. The number of nitrogens with zero attached hydrogens (tertiary/aromatic N) is 7. The summed E-state index contributed by atoms with van der Waals surface area (Å²) in [5.41, 5.74) is 4.89. The van der Waals surface area contributed by atoms with Crippen molar-refractivity contribution in [2.45, 2.75) is 93.7 Å². The zero-order chi connectivity index (χ0) is 35.1. The van der Waals surface area contributed by atoms with E-state index in [1.165, 1.54) is 11.4 Å². The van der Waals surface area contributed by atoms with Crippen molar-refractivity contribution < 1.29 is 0 Å². The molecule has 0 amide bonds. The Balaban J connectivity index is -0.000000404. The van der Waals surface area contributed by atoms with Crippen LogP contribution in [0, 0.1) is 10.8 Å². The summed E-state index contributed by atoms with van der Waals surface area (Å²) < 4.78 is 10.3. The number of aromatic nitrogens is 1. The number of hydrogen-bond acceptors (Lipinski definition) is 7. The SMILES string of the molecule is CC(C)(C)/C(Cc1cccc(C/C(=N/[Si](C)(C)C)C(C)(C)C)n1)=N\[Si](C)(C)C.CN(C)CCN(C)C.CN(C)CCN(C)C.[Na].[Na]. The van der Waals surface area contributed by atoms with E-state index in [0.717, 1.165) is 50.4 Å². The van der Waals surface area contributed by atoms with Crippen LogP contribution in [0.25, 0.3) is 0 Å². The molecule has 0 fully saturated rings. The van der Waals surface area contributed by atoms with Crippen LogP contribution >= 0.6 is 0 Å². The number of hydrogen-bond donors (Lipinski definition) is 0. The number of pyridine rings is 1. The third-order valence-electron chi connectivity index (χ3n) is 6.22. The predicted octanol–water partition coefficient (Wildman–Crippen LogP) is 6.27. The van der Waals surface area contributed by atoms with Crippen LogP contribution in [0.2, 0.25) is 39.3 Å². The smallest absolute Gasteiger partial charge is 0.172 e. The molecule has 1 rings (SSSR count). The van der Waals surface area contributed by atoms with Gasteiger partial charge in [-0.15, -0.1) is 0 Å². The van der Waals surface area contributed by atoms with Crippen molar-refractivity contribution in [3.8, 4) is 0 Å². The molecule has 1 aromatic rings. The molecule has 0 bridgehead atoms. The zero-order valence-electron chi connectivity index (χ0n) is 35.1. The van der Waals surface area contributed by atoms with Crippen LogP contribution in [0.15, 0.2) is 27.5 Å². The maximum absolute atomic E-state index is 5.15. The summed E-state index contributed by atoms with van der Waals surface area (Å²) in [7, 11) is 13.6. The van der Waals surface area contributed by atoms with E-state index in [2.05, 4.69) is 175 Å². The van der Waals surface area contributed by atoms with E-state index >= 15 is 0 Å². The largest absolute Gasteiger partial charge is 0.329 e. The fourth-order valence-electron chi connectivity index (χ4n) is 3.62. The van der Waals surface area contributed by atoms with Gasteiger partial charge < -0.3 is 28.9 Å². The second-order valence-electron chi connectivity index (χ2n) is 17.1. The topological polar surface area (TPSA) is 50.6 Å². The Morgan fingerprint density at radius 1 is 0.543 bits per heavy atom.